The zero-order chi connectivity index (χ0) is 13.9. The summed E-state index contributed by atoms with van der Waals surface area (Å²) in [5.74, 6) is -0.376. The summed E-state index contributed by atoms with van der Waals surface area (Å²) in [5, 5.41) is 8.99. The maximum atomic E-state index is 11.0. The number of hydrogen-bond donors (Lipinski definition) is 2. The van der Waals surface area contributed by atoms with Crippen molar-refractivity contribution in [2.45, 2.75) is 33.3 Å². The summed E-state index contributed by atoms with van der Waals surface area (Å²) in [4.78, 5) is 11.3. The van der Waals surface area contributed by atoms with Gasteiger partial charge < -0.3 is 15.6 Å². The Bertz CT molecular complexity index is 462. The lowest BCUT2D eigenvalue weighted by molar-refractivity contribution is -0.145. The van der Waals surface area contributed by atoms with Crippen molar-refractivity contribution >= 4 is 23.2 Å². The maximum absolute atomic E-state index is 11.0. The van der Waals surface area contributed by atoms with Crippen LogP contribution in [0.15, 0.2) is 12.1 Å². The number of aliphatic carboxylic acids is 1. The van der Waals surface area contributed by atoms with Crippen LogP contribution in [0.3, 0.4) is 0 Å². The highest BCUT2D eigenvalue weighted by molar-refractivity contribution is 7.80. The highest BCUT2D eigenvalue weighted by Crippen LogP contribution is 2.26. The summed E-state index contributed by atoms with van der Waals surface area (Å²) in [6, 6.07) is 3.61. The van der Waals surface area contributed by atoms with Crippen molar-refractivity contribution in [1.29, 1.82) is 0 Å². The van der Waals surface area contributed by atoms with Crippen LogP contribution in [0.25, 0.3) is 0 Å². The smallest absolute Gasteiger partial charge is 0.344 e. The molecule has 0 amide bonds. The molecule has 98 valence electrons. The first kappa shape index (κ1) is 14.4. The number of carboxylic acids is 1. The summed E-state index contributed by atoms with van der Waals surface area (Å²) >= 11 is 4.92. The molecule has 18 heavy (non-hydrogen) atoms. The van der Waals surface area contributed by atoms with Gasteiger partial charge in [-0.2, -0.15) is 0 Å². The standard InChI is InChI=1S/C13H17NO3S/c1-4-10(13(15)16)17-11-7(2)5-9(12(14)18)6-8(11)3/h5-6,10H,4H2,1-3H3,(H2,14,18)(H,15,16). The van der Waals surface area contributed by atoms with Gasteiger partial charge in [-0.25, -0.2) is 4.79 Å². The zero-order valence-corrected chi connectivity index (χ0v) is 11.5. The quantitative estimate of drug-likeness (QED) is 0.800. The SMILES string of the molecule is CCC(Oc1c(C)cc(C(N)=S)cc1C)C(=O)O. The fourth-order valence-corrected chi connectivity index (χ4v) is 1.85. The van der Waals surface area contributed by atoms with Gasteiger partial charge in [0, 0.05) is 5.56 Å². The van der Waals surface area contributed by atoms with E-state index in [1.807, 2.05) is 13.8 Å². The fraction of sp³-hybridized carbons (Fsp3) is 0.385. The Labute approximate surface area is 112 Å². The molecule has 0 fully saturated rings. The van der Waals surface area contributed by atoms with Gasteiger partial charge in [-0.3, -0.25) is 0 Å². The summed E-state index contributed by atoms with van der Waals surface area (Å²) in [7, 11) is 0. The number of hydrogen-bond acceptors (Lipinski definition) is 3. The minimum atomic E-state index is -0.963. The first-order valence-electron chi connectivity index (χ1n) is 5.67. The lowest BCUT2D eigenvalue weighted by Gasteiger charge is -2.18. The lowest BCUT2D eigenvalue weighted by atomic mass is 10.1. The number of carbonyl (C=O) groups is 1. The van der Waals surface area contributed by atoms with E-state index in [1.54, 1.807) is 19.1 Å². The number of thiocarbonyl (C=S) groups is 1. The van der Waals surface area contributed by atoms with Crippen LogP contribution in [0.5, 0.6) is 5.75 Å². The van der Waals surface area contributed by atoms with Crippen molar-refractivity contribution in [3.8, 4) is 5.75 Å². The number of nitrogens with two attached hydrogens (primary N) is 1. The van der Waals surface area contributed by atoms with Gasteiger partial charge in [0.15, 0.2) is 6.10 Å². The van der Waals surface area contributed by atoms with Crippen molar-refractivity contribution in [2.75, 3.05) is 0 Å². The van der Waals surface area contributed by atoms with E-state index < -0.39 is 12.1 Å². The predicted molar refractivity (Wildman–Crippen MR) is 74.1 cm³/mol. The van der Waals surface area contributed by atoms with Crippen molar-refractivity contribution in [2.24, 2.45) is 5.73 Å². The van der Waals surface area contributed by atoms with E-state index >= 15 is 0 Å². The van der Waals surface area contributed by atoms with Gasteiger partial charge in [0.2, 0.25) is 0 Å². The van der Waals surface area contributed by atoms with Crippen LogP contribution in [0.4, 0.5) is 0 Å². The molecule has 1 atom stereocenters. The lowest BCUT2D eigenvalue weighted by Crippen LogP contribution is -2.26. The third kappa shape index (κ3) is 3.20. The molecular formula is C13H17NO3S. The van der Waals surface area contributed by atoms with Crippen LogP contribution < -0.4 is 10.5 Å². The molecule has 0 bridgehead atoms. The van der Waals surface area contributed by atoms with Crippen LogP contribution in [0.2, 0.25) is 0 Å². The summed E-state index contributed by atoms with van der Waals surface area (Å²) in [5.41, 5.74) is 8.00. The average Bonchev–Trinajstić information content (AvgIpc) is 2.27. The second kappa shape index (κ2) is 5.82. The molecule has 0 spiro atoms. The molecule has 0 aliphatic rings. The Morgan fingerprint density at radius 2 is 1.94 bits per heavy atom. The van der Waals surface area contributed by atoms with Gasteiger partial charge in [-0.1, -0.05) is 19.1 Å². The molecule has 1 rings (SSSR count). The van der Waals surface area contributed by atoms with E-state index in [-0.39, 0.29) is 0 Å². The van der Waals surface area contributed by atoms with Gasteiger partial charge in [0.05, 0.1) is 0 Å². The van der Waals surface area contributed by atoms with Gasteiger partial charge in [0.25, 0.3) is 0 Å². The van der Waals surface area contributed by atoms with Crippen LogP contribution in [-0.4, -0.2) is 22.2 Å². The van der Waals surface area contributed by atoms with Gasteiger partial charge in [0.1, 0.15) is 10.7 Å². The first-order valence-corrected chi connectivity index (χ1v) is 6.08. The van der Waals surface area contributed by atoms with Crippen LogP contribution in [0, 0.1) is 13.8 Å². The monoisotopic (exact) mass is 267 g/mol. The summed E-state index contributed by atoms with van der Waals surface area (Å²) in [6.07, 6.45) is -0.427. The van der Waals surface area contributed by atoms with E-state index in [2.05, 4.69) is 0 Å². The van der Waals surface area contributed by atoms with E-state index in [1.165, 1.54) is 0 Å². The number of rotatable bonds is 5. The van der Waals surface area contributed by atoms with Crippen LogP contribution in [-0.2, 0) is 4.79 Å². The van der Waals surface area contributed by atoms with E-state index in [0.717, 1.165) is 16.7 Å². The topological polar surface area (TPSA) is 72.5 Å². The second-order valence-electron chi connectivity index (χ2n) is 4.16. The normalized spacial score (nSPS) is 11.9. The number of ether oxygens (including phenoxy) is 1. The molecule has 0 aliphatic carbocycles. The minimum Gasteiger partial charge on any atom is -0.479 e. The van der Waals surface area contributed by atoms with E-state index in [0.29, 0.717) is 17.2 Å². The van der Waals surface area contributed by atoms with E-state index in [9.17, 15) is 4.79 Å². The Hall–Kier alpha value is -1.62. The molecule has 0 aromatic heterocycles. The molecule has 0 saturated carbocycles. The molecule has 3 N–H and O–H groups in total. The average molecular weight is 267 g/mol. The molecule has 1 aromatic carbocycles. The second-order valence-corrected chi connectivity index (χ2v) is 4.60. The van der Waals surface area contributed by atoms with Crippen molar-refractivity contribution in [3.05, 3.63) is 28.8 Å². The zero-order valence-electron chi connectivity index (χ0n) is 10.7. The van der Waals surface area contributed by atoms with Crippen molar-refractivity contribution < 1.29 is 14.6 Å². The molecule has 0 saturated heterocycles. The fourth-order valence-electron chi connectivity index (χ4n) is 1.73. The Morgan fingerprint density at radius 3 is 2.28 bits per heavy atom. The number of benzene rings is 1. The van der Waals surface area contributed by atoms with Crippen molar-refractivity contribution in [3.63, 3.8) is 0 Å². The van der Waals surface area contributed by atoms with Gasteiger partial charge in [-0.15, -0.1) is 0 Å². The molecule has 0 heterocycles. The highest BCUT2D eigenvalue weighted by atomic mass is 32.1. The van der Waals surface area contributed by atoms with Gasteiger partial charge in [-0.05, 0) is 43.5 Å². The summed E-state index contributed by atoms with van der Waals surface area (Å²) in [6.45, 7) is 5.46. The first-order chi connectivity index (χ1) is 8.36. The number of carboxylic acid groups (broad SMARTS) is 1. The third-order valence-electron chi connectivity index (χ3n) is 2.65. The Balaban J connectivity index is 3.10. The Kier molecular flexibility index (Phi) is 4.67. The largest absolute Gasteiger partial charge is 0.479 e. The van der Waals surface area contributed by atoms with Crippen molar-refractivity contribution in [1.82, 2.24) is 0 Å². The molecular weight excluding hydrogens is 250 g/mol. The van der Waals surface area contributed by atoms with E-state index in [4.69, 9.17) is 27.8 Å². The molecule has 0 radical (unpaired) electrons. The molecule has 5 heteroatoms. The minimum absolute atomic E-state index is 0.318. The van der Waals surface area contributed by atoms with Gasteiger partial charge >= 0.3 is 5.97 Å². The molecule has 0 aliphatic heterocycles. The summed E-state index contributed by atoms with van der Waals surface area (Å²) < 4.78 is 5.54. The van der Waals surface area contributed by atoms with Crippen LogP contribution >= 0.6 is 12.2 Å². The predicted octanol–water partition coefficient (Wildman–Crippen LogP) is 2.18. The Morgan fingerprint density at radius 1 is 1.44 bits per heavy atom. The highest BCUT2D eigenvalue weighted by Gasteiger charge is 2.19. The molecule has 1 aromatic rings. The maximum Gasteiger partial charge on any atom is 0.344 e. The van der Waals surface area contributed by atoms with Crippen LogP contribution in [0.1, 0.15) is 30.0 Å². The third-order valence-corrected chi connectivity index (χ3v) is 2.89. The molecule has 4 nitrogen and oxygen atoms in total. The molecule has 1 unspecified atom stereocenters. The number of aryl methyl sites for hydroxylation is 2.